The Morgan fingerprint density at radius 2 is 2.29 bits per heavy atom. The molecule has 24 heavy (non-hydrogen) atoms. The molecule has 2 bridgehead atoms. The molecule has 0 spiro atoms. The number of hydrogen-bond donors (Lipinski definition) is 0. The normalized spacial score (nSPS) is 25.5. The Hall–Kier alpha value is -1.88. The van der Waals surface area contributed by atoms with Crippen LogP contribution < -0.4 is 0 Å². The number of thiazole rings is 1. The van der Waals surface area contributed by atoms with E-state index in [1.54, 1.807) is 11.3 Å². The fraction of sp³-hybridized carbons (Fsp3) is 0.474. The van der Waals surface area contributed by atoms with Crippen molar-refractivity contribution < 1.29 is 9.53 Å². The average Bonchev–Trinajstić information content (AvgIpc) is 3.10. The number of rotatable bonds is 2. The predicted molar refractivity (Wildman–Crippen MR) is 96.4 cm³/mol. The molecule has 1 aromatic carbocycles. The Morgan fingerprint density at radius 3 is 3.08 bits per heavy atom. The third-order valence-corrected chi connectivity index (χ3v) is 6.56. The summed E-state index contributed by atoms with van der Waals surface area (Å²) in [6.07, 6.45) is 7.00. The predicted octanol–water partition coefficient (Wildman–Crippen LogP) is 4.69. The molecule has 4 nitrogen and oxygen atoms in total. The summed E-state index contributed by atoms with van der Waals surface area (Å²) in [6, 6.07) is 4.52. The number of ether oxygens (including phenoxy) is 1. The van der Waals surface area contributed by atoms with Crippen LogP contribution in [0.5, 0.6) is 0 Å². The number of aryl methyl sites for hydroxylation is 2. The van der Waals surface area contributed by atoms with Gasteiger partial charge in [-0.05, 0) is 57.2 Å². The quantitative estimate of drug-likeness (QED) is 0.744. The van der Waals surface area contributed by atoms with Crippen LogP contribution in [0.3, 0.4) is 0 Å². The number of amides is 1. The molecule has 2 aliphatic rings. The van der Waals surface area contributed by atoms with Gasteiger partial charge in [0.15, 0.2) is 0 Å². The van der Waals surface area contributed by atoms with E-state index in [-0.39, 0.29) is 12.1 Å². The van der Waals surface area contributed by atoms with Gasteiger partial charge in [-0.3, -0.25) is 4.90 Å². The van der Waals surface area contributed by atoms with Gasteiger partial charge >= 0.3 is 6.09 Å². The van der Waals surface area contributed by atoms with E-state index in [1.165, 1.54) is 15.8 Å². The molecule has 1 amide bonds. The lowest BCUT2D eigenvalue weighted by Crippen LogP contribution is -2.49. The first-order chi connectivity index (χ1) is 11.6. The zero-order valence-corrected chi connectivity index (χ0v) is 15.2. The van der Waals surface area contributed by atoms with E-state index in [4.69, 9.17) is 9.72 Å². The summed E-state index contributed by atoms with van der Waals surface area (Å²) < 4.78 is 6.54. The van der Waals surface area contributed by atoms with Crippen molar-refractivity contribution in [3.63, 3.8) is 0 Å². The first-order valence-corrected chi connectivity index (χ1v) is 9.39. The fourth-order valence-corrected chi connectivity index (χ4v) is 5.19. The number of aromatic nitrogens is 1. The topological polar surface area (TPSA) is 42.4 Å². The number of fused-ring (bicyclic) bond motifs is 3. The summed E-state index contributed by atoms with van der Waals surface area (Å²) in [7, 11) is 0. The Morgan fingerprint density at radius 1 is 1.46 bits per heavy atom. The summed E-state index contributed by atoms with van der Waals surface area (Å²) in [4.78, 5) is 19.5. The number of benzene rings is 1. The monoisotopic (exact) mass is 342 g/mol. The lowest BCUT2D eigenvalue weighted by atomic mass is 9.95. The average molecular weight is 342 g/mol. The molecule has 2 aromatic rings. The van der Waals surface area contributed by atoms with Gasteiger partial charge in [-0.2, -0.15) is 0 Å². The van der Waals surface area contributed by atoms with Crippen molar-refractivity contribution in [2.75, 3.05) is 6.61 Å². The Bertz CT molecular complexity index is 841. The maximum atomic E-state index is 12.6. The molecule has 0 aliphatic carbocycles. The van der Waals surface area contributed by atoms with Gasteiger partial charge in [0, 0.05) is 6.04 Å². The van der Waals surface area contributed by atoms with Gasteiger partial charge in [-0.1, -0.05) is 18.2 Å². The summed E-state index contributed by atoms with van der Waals surface area (Å²) in [5.74, 6) is 0. The molecule has 2 atom stereocenters. The first-order valence-electron chi connectivity index (χ1n) is 8.58. The van der Waals surface area contributed by atoms with E-state index >= 15 is 0 Å². The summed E-state index contributed by atoms with van der Waals surface area (Å²) in [5.41, 5.74) is 3.11. The SMILES string of the molecule is CCOC(=O)N1C2CC=CC1(c1nc3c(C)c(C)ccc3s1)CC2. The molecule has 2 unspecified atom stereocenters. The molecule has 4 rings (SSSR count). The van der Waals surface area contributed by atoms with Gasteiger partial charge in [0.05, 0.1) is 16.8 Å². The molecule has 0 radical (unpaired) electrons. The highest BCUT2D eigenvalue weighted by Gasteiger charge is 2.52. The summed E-state index contributed by atoms with van der Waals surface area (Å²) >= 11 is 1.70. The molecule has 5 heteroatoms. The maximum Gasteiger partial charge on any atom is 0.411 e. The molecule has 1 saturated heterocycles. The van der Waals surface area contributed by atoms with Gasteiger partial charge in [0.2, 0.25) is 0 Å². The minimum Gasteiger partial charge on any atom is -0.450 e. The number of hydrogen-bond acceptors (Lipinski definition) is 4. The molecule has 0 saturated carbocycles. The van der Waals surface area contributed by atoms with E-state index in [0.717, 1.165) is 29.8 Å². The Balaban J connectivity index is 1.86. The Kier molecular flexibility index (Phi) is 3.64. The second-order valence-corrected chi connectivity index (χ2v) is 7.73. The van der Waals surface area contributed by atoms with Gasteiger partial charge in [-0.25, -0.2) is 9.78 Å². The molecule has 1 aromatic heterocycles. The third-order valence-electron chi connectivity index (χ3n) is 5.38. The number of carbonyl (C=O) groups excluding carboxylic acids is 1. The highest BCUT2D eigenvalue weighted by Crippen LogP contribution is 2.49. The van der Waals surface area contributed by atoms with Crippen LogP contribution in [-0.2, 0) is 10.3 Å². The second kappa shape index (κ2) is 5.59. The van der Waals surface area contributed by atoms with Gasteiger partial charge in [-0.15, -0.1) is 11.3 Å². The van der Waals surface area contributed by atoms with Crippen LogP contribution in [0.2, 0.25) is 0 Å². The second-order valence-electron chi connectivity index (χ2n) is 6.70. The van der Waals surface area contributed by atoms with E-state index in [9.17, 15) is 4.79 Å². The van der Waals surface area contributed by atoms with Crippen molar-refractivity contribution >= 4 is 27.6 Å². The van der Waals surface area contributed by atoms with Crippen molar-refractivity contribution in [1.82, 2.24) is 9.88 Å². The van der Waals surface area contributed by atoms with Crippen LogP contribution in [-0.4, -0.2) is 28.6 Å². The minimum absolute atomic E-state index is 0.212. The molecule has 126 valence electrons. The van der Waals surface area contributed by atoms with Crippen LogP contribution in [0.25, 0.3) is 10.2 Å². The van der Waals surface area contributed by atoms with Crippen LogP contribution in [0, 0.1) is 13.8 Å². The van der Waals surface area contributed by atoms with Crippen LogP contribution >= 0.6 is 11.3 Å². The Labute approximate surface area is 146 Å². The zero-order chi connectivity index (χ0) is 16.9. The standard InChI is InChI=1S/C19H22N2O2S/c1-4-23-18(22)21-14-6-5-10-19(21,11-9-14)17-20-16-13(3)12(2)7-8-15(16)24-17/h5,7-8,10,14H,4,6,9,11H2,1-3H3. The number of nitrogens with zero attached hydrogens (tertiary/aromatic N) is 2. The van der Waals surface area contributed by atoms with E-state index in [0.29, 0.717) is 6.61 Å². The van der Waals surface area contributed by atoms with Gasteiger partial charge in [0.1, 0.15) is 10.5 Å². The van der Waals surface area contributed by atoms with Crippen molar-refractivity contribution in [2.45, 2.75) is 51.6 Å². The molecule has 3 heterocycles. The van der Waals surface area contributed by atoms with Gasteiger partial charge in [0.25, 0.3) is 0 Å². The summed E-state index contributed by atoms with van der Waals surface area (Å²) in [6.45, 7) is 6.50. The van der Waals surface area contributed by atoms with Crippen LogP contribution in [0.4, 0.5) is 4.79 Å². The lowest BCUT2D eigenvalue weighted by molar-refractivity contribution is 0.0663. The summed E-state index contributed by atoms with van der Waals surface area (Å²) in [5, 5.41) is 1.01. The minimum atomic E-state index is -0.431. The molecule has 1 fully saturated rings. The zero-order valence-electron chi connectivity index (χ0n) is 14.3. The number of carbonyl (C=O) groups is 1. The van der Waals surface area contributed by atoms with Gasteiger partial charge < -0.3 is 4.74 Å². The third kappa shape index (κ3) is 2.10. The van der Waals surface area contributed by atoms with E-state index in [1.807, 2.05) is 11.8 Å². The lowest BCUT2D eigenvalue weighted by Gasteiger charge is -2.39. The smallest absolute Gasteiger partial charge is 0.411 e. The van der Waals surface area contributed by atoms with Crippen molar-refractivity contribution in [3.8, 4) is 0 Å². The molecule has 0 N–H and O–H groups in total. The first kappa shape index (κ1) is 15.6. The van der Waals surface area contributed by atoms with Crippen LogP contribution in [0.15, 0.2) is 24.3 Å². The largest absolute Gasteiger partial charge is 0.450 e. The van der Waals surface area contributed by atoms with Crippen molar-refractivity contribution in [3.05, 3.63) is 40.4 Å². The van der Waals surface area contributed by atoms with Crippen molar-refractivity contribution in [2.24, 2.45) is 0 Å². The maximum absolute atomic E-state index is 12.6. The molecular formula is C19H22N2O2S. The molecular weight excluding hydrogens is 320 g/mol. The highest BCUT2D eigenvalue weighted by molar-refractivity contribution is 7.18. The van der Waals surface area contributed by atoms with E-state index in [2.05, 4.69) is 38.1 Å². The van der Waals surface area contributed by atoms with Crippen molar-refractivity contribution in [1.29, 1.82) is 0 Å². The highest BCUT2D eigenvalue weighted by atomic mass is 32.1. The fourth-order valence-electron chi connectivity index (χ4n) is 3.97. The molecule has 2 aliphatic heterocycles. The van der Waals surface area contributed by atoms with Crippen LogP contribution in [0.1, 0.15) is 42.3 Å². The van der Waals surface area contributed by atoms with E-state index < -0.39 is 5.54 Å².